The van der Waals surface area contributed by atoms with Crippen LogP contribution in [0.5, 0.6) is 0 Å². The van der Waals surface area contributed by atoms with Crippen molar-refractivity contribution in [3.8, 4) is 22.6 Å². The molecule has 182 valence electrons. The lowest BCUT2D eigenvalue weighted by Gasteiger charge is -2.20. The summed E-state index contributed by atoms with van der Waals surface area (Å²) < 4.78 is 30.6. The molecule has 0 saturated carbocycles. The van der Waals surface area contributed by atoms with Gasteiger partial charge in [0.05, 0.1) is 36.0 Å². The van der Waals surface area contributed by atoms with Crippen LogP contribution in [0.2, 0.25) is 0 Å². The second kappa shape index (κ2) is 9.07. The van der Waals surface area contributed by atoms with Gasteiger partial charge in [0.25, 0.3) is 0 Å². The molecule has 0 N–H and O–H groups in total. The molecule has 0 saturated heterocycles. The molecule has 4 heterocycles. The van der Waals surface area contributed by atoms with E-state index in [-0.39, 0.29) is 29.0 Å². The Labute approximate surface area is 206 Å². The van der Waals surface area contributed by atoms with E-state index < -0.39 is 5.95 Å². The third kappa shape index (κ3) is 4.91. The first-order valence-electron chi connectivity index (χ1n) is 11.5. The summed E-state index contributed by atoms with van der Waals surface area (Å²) in [5.74, 6) is -1.28. The van der Waals surface area contributed by atoms with Gasteiger partial charge < -0.3 is 4.57 Å². The van der Waals surface area contributed by atoms with E-state index in [0.29, 0.717) is 29.3 Å². The molecule has 0 aliphatic carbocycles. The molecule has 0 spiro atoms. The number of hydrogen-bond donors (Lipinski definition) is 0. The minimum Gasteiger partial charge on any atom is -0.328 e. The molecule has 1 aromatic carbocycles. The van der Waals surface area contributed by atoms with E-state index >= 15 is 0 Å². The minimum absolute atomic E-state index is 0.00489. The number of halogens is 2. The Kier molecular flexibility index (Phi) is 5.91. The third-order valence-electron chi connectivity index (χ3n) is 5.60. The zero-order valence-electron chi connectivity index (χ0n) is 20.1. The van der Waals surface area contributed by atoms with Gasteiger partial charge in [0, 0.05) is 29.9 Å². The summed E-state index contributed by atoms with van der Waals surface area (Å²) in [6.07, 6.45) is 4.73. The Morgan fingerprint density at radius 1 is 1.00 bits per heavy atom. The number of pyridine rings is 1. The normalized spacial score (nSPS) is 11.8. The number of carbonyl (C=O) groups is 1. The Balaban J connectivity index is 1.53. The summed E-state index contributed by atoms with van der Waals surface area (Å²) in [4.78, 5) is 25.2. The topological polar surface area (TPSA) is 78.0 Å². The van der Waals surface area contributed by atoms with Crippen LogP contribution < -0.4 is 0 Å². The highest BCUT2D eigenvalue weighted by molar-refractivity contribution is 5.97. The van der Waals surface area contributed by atoms with Gasteiger partial charge >= 0.3 is 0 Å². The number of hydrogen-bond acceptors (Lipinski definition) is 5. The van der Waals surface area contributed by atoms with Crippen molar-refractivity contribution in [2.24, 2.45) is 5.41 Å². The lowest BCUT2D eigenvalue weighted by atomic mass is 9.96. The minimum atomic E-state index is -0.703. The molecule has 36 heavy (non-hydrogen) atoms. The van der Waals surface area contributed by atoms with Crippen LogP contribution in [0.1, 0.15) is 36.8 Å². The van der Waals surface area contributed by atoms with Gasteiger partial charge in [-0.15, -0.1) is 0 Å². The fraction of sp³-hybridized carbons (Fsp3) is 0.222. The first kappa shape index (κ1) is 23.5. The fourth-order valence-corrected chi connectivity index (χ4v) is 4.09. The van der Waals surface area contributed by atoms with Crippen LogP contribution in [0.25, 0.3) is 28.3 Å². The maximum atomic E-state index is 13.6. The van der Waals surface area contributed by atoms with Crippen molar-refractivity contribution < 1.29 is 13.6 Å². The number of fused-ring (bicyclic) bond motifs is 1. The summed E-state index contributed by atoms with van der Waals surface area (Å²) in [5, 5.41) is 4.76. The second-order valence-electron chi connectivity index (χ2n) is 9.86. The van der Waals surface area contributed by atoms with Gasteiger partial charge in [0.15, 0.2) is 11.4 Å². The van der Waals surface area contributed by atoms with Gasteiger partial charge in [-0.1, -0.05) is 20.8 Å². The molecular weight excluding hydrogens is 462 g/mol. The molecular formula is C27H24F2N6O. The quantitative estimate of drug-likeness (QED) is 0.237. The van der Waals surface area contributed by atoms with E-state index in [0.717, 1.165) is 17.3 Å². The summed E-state index contributed by atoms with van der Waals surface area (Å²) in [5.41, 5.74) is 4.25. The Bertz CT molecular complexity index is 1560. The van der Waals surface area contributed by atoms with Crippen LogP contribution in [0, 0.1) is 17.2 Å². The van der Waals surface area contributed by atoms with Crippen LogP contribution in [0.3, 0.4) is 0 Å². The summed E-state index contributed by atoms with van der Waals surface area (Å²) in [6.45, 7) is 7.11. The maximum absolute atomic E-state index is 13.6. The number of ketones is 1. The van der Waals surface area contributed by atoms with Crippen LogP contribution >= 0.6 is 0 Å². The molecule has 9 heteroatoms. The molecule has 7 nitrogen and oxygen atoms in total. The molecule has 0 amide bonds. The molecule has 0 aliphatic heterocycles. The molecule has 0 unspecified atom stereocenters. The zero-order valence-corrected chi connectivity index (χ0v) is 20.1. The van der Waals surface area contributed by atoms with Crippen LogP contribution in [0.15, 0.2) is 67.3 Å². The van der Waals surface area contributed by atoms with Gasteiger partial charge in [-0.3, -0.25) is 4.79 Å². The smallest absolute Gasteiger partial charge is 0.213 e. The number of benzene rings is 1. The number of Topliss-reactive ketones (excluding diaryl/α,β-unsaturated/α-hetero) is 1. The molecule has 0 bridgehead atoms. The SMILES string of the molecule is CC(C)(C)Cn1cnc(-c2ccc(F)cc2)c1-c1ccc2nc(CC(=O)c3ccnc(F)c3)cn2n1. The van der Waals surface area contributed by atoms with Crippen molar-refractivity contribution in [1.82, 2.24) is 29.1 Å². The van der Waals surface area contributed by atoms with Gasteiger partial charge in [-0.25, -0.2) is 23.9 Å². The Morgan fingerprint density at radius 3 is 2.50 bits per heavy atom. The average molecular weight is 487 g/mol. The molecule has 0 aliphatic rings. The Morgan fingerprint density at radius 2 is 1.78 bits per heavy atom. The molecule has 4 aromatic heterocycles. The number of aromatic nitrogens is 6. The first-order valence-corrected chi connectivity index (χ1v) is 11.5. The molecule has 5 aromatic rings. The van der Waals surface area contributed by atoms with E-state index in [4.69, 9.17) is 5.10 Å². The average Bonchev–Trinajstić information content (AvgIpc) is 3.41. The van der Waals surface area contributed by atoms with Gasteiger partial charge in [-0.05, 0) is 47.9 Å². The van der Waals surface area contributed by atoms with Crippen molar-refractivity contribution in [3.05, 3.63) is 90.3 Å². The zero-order chi connectivity index (χ0) is 25.4. The number of rotatable bonds is 6. The van der Waals surface area contributed by atoms with E-state index in [1.165, 1.54) is 24.4 Å². The fourth-order valence-electron chi connectivity index (χ4n) is 4.09. The van der Waals surface area contributed by atoms with E-state index in [1.807, 2.05) is 16.7 Å². The van der Waals surface area contributed by atoms with Gasteiger partial charge in [-0.2, -0.15) is 9.49 Å². The predicted molar refractivity (Wildman–Crippen MR) is 131 cm³/mol. The van der Waals surface area contributed by atoms with Crippen LogP contribution in [-0.2, 0) is 13.0 Å². The predicted octanol–water partition coefficient (Wildman–Crippen LogP) is 5.40. The van der Waals surface area contributed by atoms with Crippen LogP contribution in [0.4, 0.5) is 8.78 Å². The molecule has 0 atom stereocenters. The number of nitrogens with zero attached hydrogens (tertiary/aromatic N) is 6. The maximum Gasteiger partial charge on any atom is 0.213 e. The van der Waals surface area contributed by atoms with Crippen LogP contribution in [-0.4, -0.2) is 34.9 Å². The molecule has 0 fully saturated rings. The van der Waals surface area contributed by atoms with E-state index in [2.05, 4.69) is 35.7 Å². The van der Waals surface area contributed by atoms with Crippen molar-refractivity contribution in [3.63, 3.8) is 0 Å². The number of imidazole rings is 2. The molecule has 0 radical (unpaired) electrons. The van der Waals surface area contributed by atoms with Crippen molar-refractivity contribution in [2.45, 2.75) is 33.7 Å². The highest BCUT2D eigenvalue weighted by atomic mass is 19.1. The lowest BCUT2D eigenvalue weighted by molar-refractivity contribution is 0.0991. The standard InChI is InChI=1S/C27H24F2N6O/c1-27(2,3)15-34-16-31-25(17-4-6-19(28)7-5-17)26(34)21-8-9-24-32-20(14-35(24)33-21)13-22(36)18-10-11-30-23(29)12-18/h4-12,14,16H,13,15H2,1-3H3. The van der Waals surface area contributed by atoms with Gasteiger partial charge in [0.1, 0.15) is 11.5 Å². The van der Waals surface area contributed by atoms with Crippen molar-refractivity contribution in [2.75, 3.05) is 0 Å². The summed E-state index contributed by atoms with van der Waals surface area (Å²) in [7, 11) is 0. The summed E-state index contributed by atoms with van der Waals surface area (Å²) in [6, 6.07) is 12.5. The van der Waals surface area contributed by atoms with Crippen molar-refractivity contribution in [1.29, 1.82) is 0 Å². The number of carbonyl (C=O) groups excluding carboxylic acids is 1. The van der Waals surface area contributed by atoms with Crippen molar-refractivity contribution >= 4 is 11.4 Å². The third-order valence-corrected chi connectivity index (χ3v) is 5.60. The first-order chi connectivity index (χ1) is 17.2. The lowest BCUT2D eigenvalue weighted by Crippen LogP contribution is -2.16. The second-order valence-corrected chi connectivity index (χ2v) is 9.86. The largest absolute Gasteiger partial charge is 0.328 e. The highest BCUT2D eigenvalue weighted by Gasteiger charge is 2.21. The van der Waals surface area contributed by atoms with Gasteiger partial charge in [0.2, 0.25) is 5.95 Å². The van der Waals surface area contributed by atoms with E-state index in [9.17, 15) is 13.6 Å². The summed E-state index contributed by atoms with van der Waals surface area (Å²) >= 11 is 0. The monoisotopic (exact) mass is 486 g/mol. The highest BCUT2D eigenvalue weighted by Crippen LogP contribution is 2.32. The van der Waals surface area contributed by atoms with E-state index in [1.54, 1.807) is 29.2 Å². The molecule has 5 rings (SSSR count). The Hall–Kier alpha value is -4.27.